The Labute approximate surface area is 230 Å². The topological polar surface area (TPSA) is 69.6 Å². The van der Waals surface area contributed by atoms with E-state index in [1.165, 1.54) is 89.9 Å². The van der Waals surface area contributed by atoms with Gasteiger partial charge in [-0.3, -0.25) is 4.79 Å². The zero-order chi connectivity index (χ0) is 27.2. The third-order valence-electron chi connectivity index (χ3n) is 7.22. The van der Waals surface area contributed by atoms with Crippen molar-refractivity contribution < 1.29 is 15.0 Å². The molecule has 0 aliphatic heterocycles. The molecule has 0 spiro atoms. The average molecular weight is 522 g/mol. The fourth-order valence-electron chi connectivity index (χ4n) is 4.68. The second-order valence-corrected chi connectivity index (χ2v) is 10.9. The molecule has 0 radical (unpaired) electrons. The molecule has 0 aliphatic rings. The second-order valence-electron chi connectivity index (χ2n) is 10.9. The maximum atomic E-state index is 12.2. The van der Waals surface area contributed by atoms with Gasteiger partial charge < -0.3 is 15.5 Å². The molecule has 0 aromatic rings. The Morgan fingerprint density at radius 1 is 0.649 bits per heavy atom. The summed E-state index contributed by atoms with van der Waals surface area (Å²) in [6.45, 7) is 4.29. The van der Waals surface area contributed by atoms with Crippen LogP contribution in [0, 0.1) is 0 Å². The molecule has 0 fully saturated rings. The smallest absolute Gasteiger partial charge is 0.220 e. The third-order valence-corrected chi connectivity index (χ3v) is 7.22. The van der Waals surface area contributed by atoms with Crippen molar-refractivity contribution in [1.29, 1.82) is 0 Å². The lowest BCUT2D eigenvalue weighted by Gasteiger charge is -2.22. The lowest BCUT2D eigenvalue weighted by molar-refractivity contribution is -0.123. The predicted octanol–water partition coefficient (Wildman–Crippen LogP) is 8.95. The number of unbranched alkanes of at least 4 members (excludes halogenated alkanes) is 17. The Kier molecular flexibility index (Phi) is 28.5. The van der Waals surface area contributed by atoms with Crippen LogP contribution < -0.4 is 5.32 Å². The molecule has 0 rings (SSSR count). The largest absolute Gasteiger partial charge is 0.394 e. The van der Waals surface area contributed by atoms with Crippen LogP contribution in [0.1, 0.15) is 162 Å². The Morgan fingerprint density at radius 3 is 1.65 bits per heavy atom. The molecule has 37 heavy (non-hydrogen) atoms. The van der Waals surface area contributed by atoms with E-state index in [1.54, 1.807) is 0 Å². The number of hydrogen-bond acceptors (Lipinski definition) is 3. The van der Waals surface area contributed by atoms with E-state index in [0.29, 0.717) is 12.8 Å². The summed E-state index contributed by atoms with van der Waals surface area (Å²) in [6, 6.07) is -0.538. The van der Waals surface area contributed by atoms with E-state index in [1.807, 2.05) is 0 Å². The summed E-state index contributed by atoms with van der Waals surface area (Å²) in [4.78, 5) is 12.2. The van der Waals surface area contributed by atoms with Gasteiger partial charge in [-0.05, 0) is 44.9 Å². The lowest BCUT2D eigenvalue weighted by Crippen LogP contribution is -2.45. The van der Waals surface area contributed by atoms with Crippen molar-refractivity contribution in [2.45, 2.75) is 174 Å². The summed E-state index contributed by atoms with van der Waals surface area (Å²) in [6.07, 6.45) is 35.0. The van der Waals surface area contributed by atoms with Crippen molar-refractivity contribution in [2.75, 3.05) is 6.61 Å². The van der Waals surface area contributed by atoms with Gasteiger partial charge in [0, 0.05) is 6.42 Å². The molecule has 0 saturated carbocycles. The maximum absolute atomic E-state index is 12.2. The van der Waals surface area contributed by atoms with Crippen molar-refractivity contribution in [1.82, 2.24) is 5.32 Å². The van der Waals surface area contributed by atoms with Crippen LogP contribution in [0.5, 0.6) is 0 Å². The van der Waals surface area contributed by atoms with E-state index >= 15 is 0 Å². The number of aliphatic hydroxyl groups is 2. The number of carbonyl (C=O) groups is 1. The van der Waals surface area contributed by atoms with Crippen molar-refractivity contribution in [3.8, 4) is 0 Å². The highest BCUT2D eigenvalue weighted by Crippen LogP contribution is 2.13. The zero-order valence-electron chi connectivity index (χ0n) is 24.7. The fourth-order valence-corrected chi connectivity index (χ4v) is 4.68. The lowest BCUT2D eigenvalue weighted by atomic mass is 10.0. The van der Waals surface area contributed by atoms with Crippen LogP contribution in [-0.2, 0) is 4.79 Å². The highest BCUT2D eigenvalue weighted by Gasteiger charge is 2.19. The molecular formula is C33H63NO3. The van der Waals surface area contributed by atoms with Crippen molar-refractivity contribution in [2.24, 2.45) is 0 Å². The van der Waals surface area contributed by atoms with Crippen molar-refractivity contribution in [3.05, 3.63) is 24.3 Å². The molecule has 218 valence electrons. The van der Waals surface area contributed by atoms with Gasteiger partial charge >= 0.3 is 0 Å². The molecular weight excluding hydrogens is 458 g/mol. The van der Waals surface area contributed by atoms with E-state index < -0.39 is 12.1 Å². The van der Waals surface area contributed by atoms with Gasteiger partial charge in [-0.1, -0.05) is 134 Å². The van der Waals surface area contributed by atoms with Crippen LogP contribution in [0.3, 0.4) is 0 Å². The molecule has 0 bridgehead atoms. The minimum Gasteiger partial charge on any atom is -0.394 e. The Bertz CT molecular complexity index is 532. The van der Waals surface area contributed by atoms with Gasteiger partial charge in [-0.15, -0.1) is 0 Å². The normalized spacial score (nSPS) is 13.5. The van der Waals surface area contributed by atoms with Crippen LogP contribution in [0.25, 0.3) is 0 Å². The first kappa shape index (κ1) is 35.9. The molecule has 0 aromatic heterocycles. The number of allylic oxidation sites excluding steroid dienone is 4. The van der Waals surface area contributed by atoms with Gasteiger partial charge in [-0.25, -0.2) is 0 Å². The molecule has 0 aromatic carbocycles. The molecule has 0 heterocycles. The number of carbonyl (C=O) groups excluding carboxylic acids is 1. The monoisotopic (exact) mass is 521 g/mol. The van der Waals surface area contributed by atoms with Gasteiger partial charge in [0.05, 0.1) is 18.8 Å². The van der Waals surface area contributed by atoms with Gasteiger partial charge in [0.15, 0.2) is 0 Å². The summed E-state index contributed by atoms with van der Waals surface area (Å²) in [5.41, 5.74) is 0. The first-order valence-corrected chi connectivity index (χ1v) is 16.0. The van der Waals surface area contributed by atoms with Crippen LogP contribution in [-0.4, -0.2) is 34.9 Å². The first-order valence-electron chi connectivity index (χ1n) is 16.0. The van der Waals surface area contributed by atoms with E-state index in [2.05, 4.69) is 43.5 Å². The summed E-state index contributed by atoms with van der Waals surface area (Å²) in [5, 5.41) is 22.8. The summed E-state index contributed by atoms with van der Waals surface area (Å²) >= 11 is 0. The molecule has 4 heteroatoms. The molecule has 1 amide bonds. The first-order chi connectivity index (χ1) is 18.2. The average Bonchev–Trinajstić information content (AvgIpc) is 2.90. The molecule has 4 nitrogen and oxygen atoms in total. The van der Waals surface area contributed by atoms with Crippen LogP contribution in [0.15, 0.2) is 24.3 Å². The molecule has 3 N–H and O–H groups in total. The van der Waals surface area contributed by atoms with E-state index in [4.69, 9.17) is 0 Å². The summed E-state index contributed by atoms with van der Waals surface area (Å²) in [5.74, 6) is -0.0495. The third kappa shape index (κ3) is 26.3. The Morgan fingerprint density at radius 2 is 1.11 bits per heavy atom. The molecule has 0 saturated heterocycles. The van der Waals surface area contributed by atoms with Crippen molar-refractivity contribution in [3.63, 3.8) is 0 Å². The SMILES string of the molecule is CCCCCC/C=C\C/C=C\CCCCCCCC(=O)NC(CO)C(O)CCCCCCCCCCC. The Balaban J connectivity index is 3.63. The quantitative estimate of drug-likeness (QED) is 0.0711. The molecule has 2 unspecified atom stereocenters. The van der Waals surface area contributed by atoms with E-state index in [-0.39, 0.29) is 12.5 Å². The summed E-state index contributed by atoms with van der Waals surface area (Å²) < 4.78 is 0. The number of nitrogens with one attached hydrogen (secondary N) is 1. The van der Waals surface area contributed by atoms with Crippen LogP contribution >= 0.6 is 0 Å². The highest BCUT2D eigenvalue weighted by molar-refractivity contribution is 5.76. The number of amides is 1. The summed E-state index contributed by atoms with van der Waals surface area (Å²) in [7, 11) is 0. The molecule has 0 aliphatic carbocycles. The standard InChI is InChI=1S/C33H63NO3/c1-3-5-7-9-11-13-14-15-16-17-18-19-21-23-25-27-29-33(37)34-31(30-35)32(36)28-26-24-22-20-12-10-8-6-4-2/h13-14,16-17,31-32,35-36H,3-12,15,18-30H2,1-2H3,(H,34,37)/b14-13-,17-16-. The molecule has 2 atom stereocenters. The predicted molar refractivity (Wildman–Crippen MR) is 161 cm³/mol. The second kappa shape index (κ2) is 29.4. The van der Waals surface area contributed by atoms with Crippen LogP contribution in [0.2, 0.25) is 0 Å². The van der Waals surface area contributed by atoms with Gasteiger partial charge in [0.1, 0.15) is 0 Å². The number of hydrogen-bond donors (Lipinski definition) is 3. The Hall–Kier alpha value is -1.13. The van der Waals surface area contributed by atoms with Gasteiger partial charge in [-0.2, -0.15) is 0 Å². The minimum atomic E-state index is -0.659. The van der Waals surface area contributed by atoms with Crippen LogP contribution in [0.4, 0.5) is 0 Å². The fraction of sp³-hybridized carbons (Fsp3) is 0.848. The minimum absolute atomic E-state index is 0.0495. The van der Waals surface area contributed by atoms with Gasteiger partial charge in [0.25, 0.3) is 0 Å². The highest BCUT2D eigenvalue weighted by atomic mass is 16.3. The van der Waals surface area contributed by atoms with E-state index in [9.17, 15) is 15.0 Å². The van der Waals surface area contributed by atoms with Crippen molar-refractivity contribution >= 4 is 5.91 Å². The zero-order valence-corrected chi connectivity index (χ0v) is 24.7. The number of rotatable bonds is 28. The number of aliphatic hydroxyl groups excluding tert-OH is 2. The van der Waals surface area contributed by atoms with E-state index in [0.717, 1.165) is 44.9 Å². The van der Waals surface area contributed by atoms with Gasteiger partial charge in [0.2, 0.25) is 5.91 Å². The maximum Gasteiger partial charge on any atom is 0.220 e.